The van der Waals surface area contributed by atoms with Gasteiger partial charge in [-0.25, -0.2) is 0 Å². The maximum atomic E-state index is 2.54. The van der Waals surface area contributed by atoms with Gasteiger partial charge in [0.05, 0.1) is 11.2 Å². The number of anilines is 3. The second-order valence-corrected chi connectivity index (χ2v) is 14.1. The summed E-state index contributed by atoms with van der Waals surface area (Å²) >= 11 is 0. The molecule has 2 aliphatic carbocycles. The largest absolute Gasteiger partial charge is 0.313 e. The number of benzene rings is 7. The highest BCUT2D eigenvalue weighted by molar-refractivity contribution is 6.03. The molecule has 0 saturated heterocycles. The van der Waals surface area contributed by atoms with Crippen molar-refractivity contribution in [2.24, 2.45) is 0 Å². The van der Waals surface area contributed by atoms with Crippen molar-refractivity contribution in [3.63, 3.8) is 0 Å². The van der Waals surface area contributed by atoms with Crippen molar-refractivity contribution in [1.82, 2.24) is 4.57 Å². The number of hydrogen-bond acceptors (Lipinski definition) is 1. The zero-order chi connectivity index (χ0) is 32.7. The Morgan fingerprint density at radius 2 is 1.27 bits per heavy atom. The van der Waals surface area contributed by atoms with Gasteiger partial charge in [-0.15, -0.1) is 0 Å². The van der Waals surface area contributed by atoms with Gasteiger partial charge in [0.15, 0.2) is 0 Å². The molecule has 0 amide bonds. The highest BCUT2D eigenvalue weighted by atomic mass is 15.1. The fraction of sp³-hybridized carbons (Fsp3) is 0.106. The standard InChI is InChI=1S/C47H36N2/c1-47(2)42-29-35(48(34-17-4-3-5-18-34)44-22-12-16-31-13-8-9-19-37(31)44)23-25-38(42)39-26-24-36(30-43(39)47)49-45-21-11-10-20-40(45)41-27-32-14-6-7-15-33(32)28-46(41)49/h3-10,12-20,22-30H,11,21H2,1-2H3. The molecule has 7 aromatic carbocycles. The first-order valence-corrected chi connectivity index (χ1v) is 17.4. The number of aromatic nitrogens is 1. The monoisotopic (exact) mass is 628 g/mol. The van der Waals surface area contributed by atoms with E-state index in [4.69, 9.17) is 0 Å². The number of rotatable bonds is 4. The molecule has 49 heavy (non-hydrogen) atoms. The molecule has 2 aliphatic rings. The van der Waals surface area contributed by atoms with Gasteiger partial charge in [-0.05, 0) is 106 Å². The van der Waals surface area contributed by atoms with E-state index in [1.54, 1.807) is 0 Å². The van der Waals surface area contributed by atoms with Gasteiger partial charge in [0, 0.05) is 44.5 Å². The second-order valence-electron chi connectivity index (χ2n) is 14.1. The first-order chi connectivity index (χ1) is 24.1. The van der Waals surface area contributed by atoms with E-state index in [9.17, 15) is 0 Å². The van der Waals surface area contributed by atoms with Gasteiger partial charge in [0.1, 0.15) is 0 Å². The van der Waals surface area contributed by atoms with E-state index < -0.39 is 0 Å². The van der Waals surface area contributed by atoms with Crippen LogP contribution in [0.3, 0.4) is 0 Å². The second kappa shape index (κ2) is 10.6. The first kappa shape index (κ1) is 28.2. The lowest BCUT2D eigenvalue weighted by atomic mass is 9.82. The topological polar surface area (TPSA) is 8.17 Å². The van der Waals surface area contributed by atoms with Crippen LogP contribution in [0.4, 0.5) is 17.1 Å². The Morgan fingerprint density at radius 3 is 2.10 bits per heavy atom. The molecule has 2 nitrogen and oxygen atoms in total. The Kier molecular flexibility index (Phi) is 6.08. The maximum absolute atomic E-state index is 2.54. The van der Waals surface area contributed by atoms with Gasteiger partial charge >= 0.3 is 0 Å². The van der Waals surface area contributed by atoms with Gasteiger partial charge < -0.3 is 9.47 Å². The van der Waals surface area contributed by atoms with Crippen molar-refractivity contribution in [2.75, 3.05) is 4.90 Å². The number of fused-ring (bicyclic) bond motifs is 8. The molecule has 0 spiro atoms. The SMILES string of the molecule is CC1(C)c2cc(N(c3ccccc3)c3cccc4ccccc34)ccc2-c2ccc(-n3c4c(c5cc6ccccc6cc53)C=CCC4)cc21. The van der Waals surface area contributed by atoms with E-state index in [1.807, 2.05) is 0 Å². The van der Waals surface area contributed by atoms with Gasteiger partial charge in [-0.3, -0.25) is 0 Å². The van der Waals surface area contributed by atoms with Crippen LogP contribution in [-0.2, 0) is 11.8 Å². The van der Waals surface area contributed by atoms with Gasteiger partial charge in [-0.2, -0.15) is 0 Å². The predicted molar refractivity (Wildman–Crippen MR) is 208 cm³/mol. The van der Waals surface area contributed by atoms with Crippen molar-refractivity contribution in [2.45, 2.75) is 32.1 Å². The molecule has 0 bridgehead atoms. The van der Waals surface area contributed by atoms with Crippen LogP contribution >= 0.6 is 0 Å². The summed E-state index contributed by atoms with van der Waals surface area (Å²) in [5.41, 5.74) is 14.1. The predicted octanol–water partition coefficient (Wildman–Crippen LogP) is 12.7. The molecule has 0 unspecified atom stereocenters. The average Bonchev–Trinajstić information content (AvgIpc) is 3.58. The highest BCUT2D eigenvalue weighted by Gasteiger charge is 2.37. The minimum atomic E-state index is -0.173. The van der Waals surface area contributed by atoms with Crippen LogP contribution in [0.15, 0.2) is 152 Å². The van der Waals surface area contributed by atoms with Crippen molar-refractivity contribution >= 4 is 55.6 Å². The van der Waals surface area contributed by atoms with E-state index in [1.165, 1.54) is 83.0 Å². The third kappa shape index (κ3) is 4.20. The summed E-state index contributed by atoms with van der Waals surface area (Å²) in [6, 6.07) is 53.9. The van der Waals surface area contributed by atoms with Crippen LogP contribution in [0.25, 0.3) is 55.3 Å². The lowest BCUT2D eigenvalue weighted by Crippen LogP contribution is -2.17. The van der Waals surface area contributed by atoms with E-state index in [0.29, 0.717) is 0 Å². The van der Waals surface area contributed by atoms with E-state index in [-0.39, 0.29) is 5.41 Å². The van der Waals surface area contributed by atoms with Crippen LogP contribution in [0.1, 0.15) is 42.7 Å². The molecule has 10 rings (SSSR count). The molecule has 8 aromatic rings. The van der Waals surface area contributed by atoms with E-state index in [0.717, 1.165) is 18.5 Å². The van der Waals surface area contributed by atoms with E-state index >= 15 is 0 Å². The molecule has 0 fully saturated rings. The summed E-state index contributed by atoms with van der Waals surface area (Å²) < 4.78 is 2.54. The van der Waals surface area contributed by atoms with Crippen LogP contribution in [0, 0.1) is 0 Å². The summed E-state index contributed by atoms with van der Waals surface area (Å²) in [6.07, 6.45) is 6.79. The molecule has 0 aliphatic heterocycles. The summed E-state index contributed by atoms with van der Waals surface area (Å²) in [5, 5.41) is 6.40. The summed E-state index contributed by atoms with van der Waals surface area (Å²) in [5.74, 6) is 0. The molecule has 1 aromatic heterocycles. The van der Waals surface area contributed by atoms with Crippen LogP contribution in [0.5, 0.6) is 0 Å². The molecule has 0 radical (unpaired) electrons. The Bertz CT molecular complexity index is 2630. The third-order valence-electron chi connectivity index (χ3n) is 11.0. The normalized spacial score (nSPS) is 14.2. The minimum Gasteiger partial charge on any atom is -0.313 e. The first-order valence-electron chi connectivity index (χ1n) is 17.4. The van der Waals surface area contributed by atoms with Crippen molar-refractivity contribution < 1.29 is 0 Å². The Morgan fingerprint density at radius 1 is 0.571 bits per heavy atom. The fourth-order valence-corrected chi connectivity index (χ4v) is 8.60. The minimum absolute atomic E-state index is 0.173. The maximum Gasteiger partial charge on any atom is 0.0544 e. The lowest BCUT2D eigenvalue weighted by molar-refractivity contribution is 0.659. The van der Waals surface area contributed by atoms with Gasteiger partial charge in [0.25, 0.3) is 0 Å². The number of allylic oxidation sites excluding steroid dienone is 1. The smallest absolute Gasteiger partial charge is 0.0544 e. The molecule has 0 N–H and O–H groups in total. The van der Waals surface area contributed by atoms with E-state index in [2.05, 4.69) is 181 Å². The molecule has 234 valence electrons. The molecule has 0 saturated carbocycles. The van der Waals surface area contributed by atoms with Crippen molar-refractivity contribution in [3.05, 3.63) is 174 Å². The zero-order valence-corrected chi connectivity index (χ0v) is 27.8. The van der Waals surface area contributed by atoms with Crippen LogP contribution in [0.2, 0.25) is 0 Å². The summed E-state index contributed by atoms with van der Waals surface area (Å²) in [6.45, 7) is 4.80. The molecule has 1 heterocycles. The fourth-order valence-electron chi connectivity index (χ4n) is 8.60. The van der Waals surface area contributed by atoms with Crippen LogP contribution in [-0.4, -0.2) is 4.57 Å². The van der Waals surface area contributed by atoms with Crippen LogP contribution < -0.4 is 4.90 Å². The number of para-hydroxylation sites is 1. The number of hydrogen-bond donors (Lipinski definition) is 0. The third-order valence-corrected chi connectivity index (χ3v) is 11.0. The Labute approximate surface area is 287 Å². The molecule has 0 atom stereocenters. The lowest BCUT2D eigenvalue weighted by Gasteiger charge is -2.29. The molecular weight excluding hydrogens is 593 g/mol. The molecular formula is C47H36N2. The Hall–Kier alpha value is -5.86. The van der Waals surface area contributed by atoms with Crippen molar-refractivity contribution in [3.8, 4) is 16.8 Å². The number of nitrogens with zero attached hydrogens (tertiary/aromatic N) is 2. The highest BCUT2D eigenvalue weighted by Crippen LogP contribution is 2.52. The average molecular weight is 629 g/mol. The summed E-state index contributed by atoms with van der Waals surface area (Å²) in [4.78, 5) is 2.42. The Balaban J connectivity index is 1.13. The quantitative estimate of drug-likeness (QED) is 0.188. The summed E-state index contributed by atoms with van der Waals surface area (Å²) in [7, 11) is 0. The van der Waals surface area contributed by atoms with Crippen molar-refractivity contribution in [1.29, 1.82) is 0 Å². The molecule has 2 heteroatoms. The van der Waals surface area contributed by atoms with Gasteiger partial charge in [-0.1, -0.05) is 117 Å². The zero-order valence-electron chi connectivity index (χ0n) is 27.8. The van der Waals surface area contributed by atoms with Gasteiger partial charge in [0.2, 0.25) is 0 Å².